The lowest BCUT2D eigenvalue weighted by Crippen LogP contribution is -2.04. The second kappa shape index (κ2) is 6.71. The van der Waals surface area contributed by atoms with Crippen molar-refractivity contribution in [2.45, 2.75) is 13.0 Å². The van der Waals surface area contributed by atoms with Crippen molar-refractivity contribution in [3.8, 4) is 23.0 Å². The zero-order valence-corrected chi connectivity index (χ0v) is 13.4. The summed E-state index contributed by atoms with van der Waals surface area (Å²) in [6, 6.07) is 14.7. The zero-order valence-electron chi connectivity index (χ0n) is 12.7. The molecule has 0 radical (unpaired) electrons. The number of benzene rings is 2. The molecule has 0 aliphatic carbocycles. The fourth-order valence-corrected chi connectivity index (χ4v) is 2.32. The van der Waals surface area contributed by atoms with Crippen molar-refractivity contribution < 1.29 is 13.9 Å². The number of para-hydroxylation sites is 2. The number of ether oxygens (including phenoxy) is 2. The van der Waals surface area contributed by atoms with Crippen LogP contribution >= 0.6 is 11.6 Å². The zero-order chi connectivity index (χ0) is 16.2. The lowest BCUT2D eigenvalue weighted by Gasteiger charge is -2.13. The monoisotopic (exact) mass is 330 g/mol. The molecular weight excluding hydrogens is 316 g/mol. The van der Waals surface area contributed by atoms with Gasteiger partial charge in [-0.05, 0) is 31.2 Å². The van der Waals surface area contributed by atoms with E-state index in [1.165, 1.54) is 0 Å². The van der Waals surface area contributed by atoms with Crippen LogP contribution in [0.2, 0.25) is 5.02 Å². The van der Waals surface area contributed by atoms with Crippen LogP contribution in [0.25, 0.3) is 11.5 Å². The molecule has 0 saturated heterocycles. The first-order chi connectivity index (χ1) is 11.2. The normalized spacial score (nSPS) is 12.0. The van der Waals surface area contributed by atoms with Gasteiger partial charge in [0.05, 0.1) is 17.7 Å². The molecule has 3 rings (SSSR count). The molecule has 0 bridgehead atoms. The third-order valence-electron chi connectivity index (χ3n) is 3.27. The molecule has 0 aliphatic rings. The largest absolute Gasteiger partial charge is 0.493 e. The average molecular weight is 331 g/mol. The third-order valence-corrected chi connectivity index (χ3v) is 3.60. The van der Waals surface area contributed by atoms with Gasteiger partial charge in [-0.1, -0.05) is 35.9 Å². The van der Waals surface area contributed by atoms with Crippen LogP contribution in [0.15, 0.2) is 52.9 Å². The standard InChI is InChI=1S/C17H15ClN2O3/c1-11(22-15-10-6-5-9-14(15)21-2)16-19-20-17(23-16)12-7-3-4-8-13(12)18/h3-11H,1-2H3. The molecule has 0 fully saturated rings. The number of hydrogen-bond donors (Lipinski definition) is 0. The van der Waals surface area contributed by atoms with Gasteiger partial charge in [-0.25, -0.2) is 0 Å². The summed E-state index contributed by atoms with van der Waals surface area (Å²) in [5.41, 5.74) is 0.692. The Labute approximate surface area is 138 Å². The molecule has 1 unspecified atom stereocenters. The highest BCUT2D eigenvalue weighted by Gasteiger charge is 2.19. The van der Waals surface area contributed by atoms with E-state index in [9.17, 15) is 0 Å². The first kappa shape index (κ1) is 15.4. The van der Waals surface area contributed by atoms with Crippen LogP contribution in [0.4, 0.5) is 0 Å². The Balaban J connectivity index is 1.81. The van der Waals surface area contributed by atoms with E-state index in [0.717, 1.165) is 0 Å². The minimum atomic E-state index is -0.421. The van der Waals surface area contributed by atoms with Gasteiger partial charge >= 0.3 is 0 Å². The van der Waals surface area contributed by atoms with Gasteiger partial charge in [0, 0.05) is 0 Å². The molecule has 0 amide bonds. The quantitative estimate of drug-likeness (QED) is 0.687. The SMILES string of the molecule is COc1ccccc1OC(C)c1nnc(-c2ccccc2Cl)o1. The van der Waals surface area contributed by atoms with Gasteiger partial charge in [-0.2, -0.15) is 0 Å². The maximum Gasteiger partial charge on any atom is 0.257 e. The van der Waals surface area contributed by atoms with Crippen molar-refractivity contribution in [3.05, 3.63) is 59.4 Å². The van der Waals surface area contributed by atoms with Gasteiger partial charge in [0.1, 0.15) is 0 Å². The van der Waals surface area contributed by atoms with Crippen molar-refractivity contribution in [1.82, 2.24) is 10.2 Å². The summed E-state index contributed by atoms with van der Waals surface area (Å²) < 4.78 is 16.8. The second-order valence-electron chi connectivity index (χ2n) is 4.84. The van der Waals surface area contributed by atoms with E-state index < -0.39 is 6.10 Å². The number of aromatic nitrogens is 2. The van der Waals surface area contributed by atoms with Gasteiger partial charge < -0.3 is 13.9 Å². The molecule has 23 heavy (non-hydrogen) atoms. The number of nitrogens with zero attached hydrogens (tertiary/aromatic N) is 2. The number of rotatable bonds is 5. The number of methoxy groups -OCH3 is 1. The topological polar surface area (TPSA) is 57.4 Å². The Morgan fingerprint density at radius 3 is 2.43 bits per heavy atom. The van der Waals surface area contributed by atoms with Crippen LogP contribution in [-0.2, 0) is 0 Å². The minimum absolute atomic E-state index is 0.362. The number of halogens is 1. The summed E-state index contributed by atoms with van der Waals surface area (Å²) in [5, 5.41) is 8.64. The molecule has 0 N–H and O–H groups in total. The molecule has 0 saturated carbocycles. The highest BCUT2D eigenvalue weighted by atomic mass is 35.5. The fraction of sp³-hybridized carbons (Fsp3) is 0.176. The molecule has 1 atom stereocenters. The Morgan fingerprint density at radius 1 is 1.00 bits per heavy atom. The van der Waals surface area contributed by atoms with E-state index in [0.29, 0.717) is 33.9 Å². The smallest absolute Gasteiger partial charge is 0.257 e. The maximum absolute atomic E-state index is 6.14. The molecule has 118 valence electrons. The van der Waals surface area contributed by atoms with Gasteiger partial charge in [-0.3, -0.25) is 0 Å². The van der Waals surface area contributed by atoms with Gasteiger partial charge in [0.2, 0.25) is 5.89 Å². The van der Waals surface area contributed by atoms with Gasteiger partial charge in [0.25, 0.3) is 5.89 Å². The number of hydrogen-bond acceptors (Lipinski definition) is 5. The van der Waals surface area contributed by atoms with Crippen LogP contribution in [0.3, 0.4) is 0 Å². The van der Waals surface area contributed by atoms with Gasteiger partial charge in [0.15, 0.2) is 17.6 Å². The molecule has 6 heteroatoms. The van der Waals surface area contributed by atoms with E-state index in [1.54, 1.807) is 13.2 Å². The predicted octanol–water partition coefficient (Wildman–Crippen LogP) is 4.54. The summed E-state index contributed by atoms with van der Waals surface area (Å²) >= 11 is 6.14. The van der Waals surface area contributed by atoms with E-state index >= 15 is 0 Å². The molecule has 3 aromatic rings. The Kier molecular flexibility index (Phi) is 4.48. The van der Waals surface area contributed by atoms with Crippen molar-refractivity contribution in [1.29, 1.82) is 0 Å². The lowest BCUT2D eigenvalue weighted by molar-refractivity contribution is 0.182. The summed E-state index contributed by atoms with van der Waals surface area (Å²) in [6.45, 7) is 1.83. The van der Waals surface area contributed by atoms with E-state index in [-0.39, 0.29) is 0 Å². The minimum Gasteiger partial charge on any atom is -0.493 e. The fourth-order valence-electron chi connectivity index (χ4n) is 2.10. The van der Waals surface area contributed by atoms with Crippen LogP contribution in [-0.4, -0.2) is 17.3 Å². The Bertz CT molecular complexity index is 804. The molecule has 5 nitrogen and oxygen atoms in total. The first-order valence-corrected chi connectivity index (χ1v) is 7.45. The highest BCUT2D eigenvalue weighted by Crippen LogP contribution is 2.32. The highest BCUT2D eigenvalue weighted by molar-refractivity contribution is 6.33. The molecule has 0 spiro atoms. The lowest BCUT2D eigenvalue weighted by atomic mass is 10.2. The van der Waals surface area contributed by atoms with Crippen molar-refractivity contribution >= 4 is 11.6 Å². The van der Waals surface area contributed by atoms with Crippen LogP contribution in [0.5, 0.6) is 11.5 Å². The molecular formula is C17H15ClN2O3. The van der Waals surface area contributed by atoms with Crippen molar-refractivity contribution in [2.24, 2.45) is 0 Å². The third kappa shape index (κ3) is 3.29. The maximum atomic E-state index is 6.14. The van der Waals surface area contributed by atoms with E-state index in [1.807, 2.05) is 49.4 Å². The van der Waals surface area contributed by atoms with E-state index in [2.05, 4.69) is 10.2 Å². The molecule has 1 heterocycles. The predicted molar refractivity (Wildman–Crippen MR) is 86.8 cm³/mol. The summed E-state index contributed by atoms with van der Waals surface area (Å²) in [7, 11) is 1.59. The van der Waals surface area contributed by atoms with Crippen molar-refractivity contribution in [3.63, 3.8) is 0 Å². The van der Waals surface area contributed by atoms with E-state index in [4.69, 9.17) is 25.5 Å². The second-order valence-corrected chi connectivity index (χ2v) is 5.24. The van der Waals surface area contributed by atoms with Gasteiger partial charge in [-0.15, -0.1) is 10.2 Å². The van der Waals surface area contributed by atoms with Crippen LogP contribution in [0.1, 0.15) is 18.9 Å². The summed E-state index contributed by atoms with van der Waals surface area (Å²) in [5.74, 6) is 1.98. The van der Waals surface area contributed by atoms with Crippen LogP contribution in [0, 0.1) is 0 Å². The summed E-state index contributed by atoms with van der Waals surface area (Å²) in [4.78, 5) is 0. The first-order valence-electron chi connectivity index (χ1n) is 7.07. The molecule has 2 aromatic carbocycles. The van der Waals surface area contributed by atoms with Crippen LogP contribution < -0.4 is 9.47 Å². The Hall–Kier alpha value is -2.53. The summed E-state index contributed by atoms with van der Waals surface area (Å²) in [6.07, 6.45) is -0.421. The van der Waals surface area contributed by atoms with Crippen molar-refractivity contribution in [2.75, 3.05) is 7.11 Å². The molecule has 1 aromatic heterocycles. The Morgan fingerprint density at radius 2 is 1.70 bits per heavy atom. The average Bonchev–Trinajstić information content (AvgIpc) is 3.05. The molecule has 0 aliphatic heterocycles.